The van der Waals surface area contributed by atoms with Crippen LogP contribution in [0.2, 0.25) is 0 Å². The number of benzene rings is 1. The minimum atomic E-state index is -4.70. The zero-order chi connectivity index (χ0) is 33.5. The summed E-state index contributed by atoms with van der Waals surface area (Å²) in [6.45, 7) is 6.21. The number of hydrogen-bond acceptors (Lipinski definition) is 6. The minimum Gasteiger partial charge on any atom is -0.379 e. The molecule has 0 spiro atoms. The van der Waals surface area contributed by atoms with E-state index in [0.29, 0.717) is 49.4 Å². The molecule has 8 nitrogen and oxygen atoms in total. The van der Waals surface area contributed by atoms with Crippen LogP contribution in [0.15, 0.2) is 47.5 Å². The molecule has 0 bridgehead atoms. The summed E-state index contributed by atoms with van der Waals surface area (Å²) in [4.78, 5) is 17.6. The summed E-state index contributed by atoms with van der Waals surface area (Å²) in [5.74, 6) is 0. The second-order valence-corrected chi connectivity index (χ2v) is 13.5. The van der Waals surface area contributed by atoms with Gasteiger partial charge in [0, 0.05) is 38.1 Å². The van der Waals surface area contributed by atoms with Crippen LogP contribution in [0.3, 0.4) is 0 Å². The zero-order valence-corrected chi connectivity index (χ0v) is 27.3. The Morgan fingerprint density at radius 3 is 2.49 bits per heavy atom. The van der Waals surface area contributed by atoms with E-state index >= 15 is 4.39 Å². The monoisotopic (exact) mass is 664 g/mol. The van der Waals surface area contributed by atoms with Gasteiger partial charge in [-0.2, -0.15) is 13.2 Å². The third-order valence-corrected chi connectivity index (χ3v) is 10.2. The second kappa shape index (κ2) is 13.6. The Hall–Kier alpha value is -2.84. The van der Waals surface area contributed by atoms with Gasteiger partial charge in [-0.15, -0.1) is 0 Å². The first-order valence-corrected chi connectivity index (χ1v) is 16.7. The highest BCUT2D eigenvalue weighted by Crippen LogP contribution is 2.41. The minimum absolute atomic E-state index is 0.143. The Bertz CT molecular complexity index is 1600. The highest BCUT2D eigenvalue weighted by molar-refractivity contribution is 5.58. The third-order valence-electron chi connectivity index (χ3n) is 10.2. The summed E-state index contributed by atoms with van der Waals surface area (Å²) in [7, 11) is 1.89. The predicted molar refractivity (Wildman–Crippen MR) is 170 cm³/mol. The number of hydrazine groups is 1. The molecule has 0 saturated carbocycles. The van der Waals surface area contributed by atoms with Crippen LogP contribution in [-0.2, 0) is 22.9 Å². The van der Waals surface area contributed by atoms with Crippen molar-refractivity contribution in [1.82, 2.24) is 29.2 Å². The Morgan fingerprint density at radius 2 is 1.85 bits per heavy atom. The largest absolute Gasteiger partial charge is 0.418 e. The van der Waals surface area contributed by atoms with Gasteiger partial charge in [0.25, 0.3) is 0 Å². The number of nitrogens with zero attached hydrogens (tertiary/aromatic N) is 5. The van der Waals surface area contributed by atoms with Gasteiger partial charge >= 0.3 is 11.9 Å². The number of rotatable bonds is 11. The summed E-state index contributed by atoms with van der Waals surface area (Å²) in [6, 6.07) is 8.18. The summed E-state index contributed by atoms with van der Waals surface area (Å²) >= 11 is 0. The van der Waals surface area contributed by atoms with Gasteiger partial charge in [-0.05, 0) is 62.1 Å². The molecule has 2 unspecified atom stereocenters. The highest BCUT2D eigenvalue weighted by Gasteiger charge is 2.54. The molecule has 5 heterocycles. The molecule has 1 N–H and O–H groups in total. The van der Waals surface area contributed by atoms with Crippen LogP contribution in [0.4, 0.5) is 22.0 Å². The molecular formula is C34H45F5N6O2. The van der Waals surface area contributed by atoms with E-state index in [1.165, 1.54) is 17.0 Å². The average molecular weight is 665 g/mol. The molecule has 6 rings (SSSR count). The number of unbranched alkanes of at least 4 members (excludes halogenated alkanes) is 1. The van der Waals surface area contributed by atoms with E-state index in [2.05, 4.69) is 24.3 Å². The molecule has 258 valence electrons. The topological polar surface area (TPSA) is 57.4 Å². The molecule has 3 saturated heterocycles. The van der Waals surface area contributed by atoms with Crippen LogP contribution < -0.4 is 11.1 Å². The maximum absolute atomic E-state index is 16.7. The molecule has 47 heavy (non-hydrogen) atoms. The van der Waals surface area contributed by atoms with Crippen molar-refractivity contribution in [2.24, 2.45) is 0 Å². The smallest absolute Gasteiger partial charge is 0.379 e. The number of ether oxygens (including phenoxy) is 1. The van der Waals surface area contributed by atoms with E-state index in [0.717, 1.165) is 36.2 Å². The second-order valence-electron chi connectivity index (χ2n) is 13.5. The van der Waals surface area contributed by atoms with Crippen molar-refractivity contribution in [3.8, 4) is 5.69 Å². The molecule has 3 aromatic rings. The SMILES string of the molecule is CCCCC(CC)N1CN(C)C([C@@H](F)C2(c3cccc(-n4cc5c(C(F)(F)F)cc(CN6CCC(F)CC6)cn5c4=O)c3)COC2)N1. The van der Waals surface area contributed by atoms with Gasteiger partial charge < -0.3 is 4.74 Å². The number of aromatic nitrogens is 2. The Balaban J connectivity index is 1.31. The fourth-order valence-corrected chi connectivity index (χ4v) is 7.30. The molecule has 1 aromatic carbocycles. The number of halogens is 5. The van der Waals surface area contributed by atoms with E-state index in [9.17, 15) is 22.4 Å². The van der Waals surface area contributed by atoms with Crippen molar-refractivity contribution in [3.63, 3.8) is 0 Å². The molecule has 3 aliphatic rings. The molecule has 0 radical (unpaired) electrons. The molecule has 3 atom stereocenters. The number of fused-ring (bicyclic) bond motifs is 1. The maximum atomic E-state index is 16.7. The zero-order valence-electron chi connectivity index (χ0n) is 27.3. The summed E-state index contributed by atoms with van der Waals surface area (Å²) in [5.41, 5.74) is 1.86. The van der Waals surface area contributed by atoms with Gasteiger partial charge in [0.1, 0.15) is 18.5 Å². The van der Waals surface area contributed by atoms with Crippen LogP contribution in [-0.4, -0.2) is 88.3 Å². The van der Waals surface area contributed by atoms with Crippen molar-refractivity contribution >= 4 is 5.52 Å². The molecular weight excluding hydrogens is 619 g/mol. The molecule has 0 aliphatic carbocycles. The maximum Gasteiger partial charge on any atom is 0.418 e. The van der Waals surface area contributed by atoms with Gasteiger partial charge in [0.05, 0.1) is 42.1 Å². The highest BCUT2D eigenvalue weighted by atomic mass is 19.4. The van der Waals surface area contributed by atoms with Crippen LogP contribution in [0.5, 0.6) is 0 Å². The number of alkyl halides is 5. The Labute approximate surface area is 272 Å². The number of piperidine rings is 1. The number of hydrogen-bond donors (Lipinski definition) is 1. The van der Waals surface area contributed by atoms with Gasteiger partial charge in [-0.3, -0.25) is 18.8 Å². The van der Waals surface area contributed by atoms with Crippen molar-refractivity contribution < 1.29 is 26.7 Å². The van der Waals surface area contributed by atoms with Crippen molar-refractivity contribution in [1.29, 1.82) is 0 Å². The summed E-state index contributed by atoms with van der Waals surface area (Å²) in [6.07, 6.45) is -0.133. The lowest BCUT2D eigenvalue weighted by molar-refractivity contribution is -0.136. The first-order valence-electron chi connectivity index (χ1n) is 16.7. The van der Waals surface area contributed by atoms with Crippen molar-refractivity contribution in [2.75, 3.05) is 40.0 Å². The van der Waals surface area contributed by atoms with Crippen molar-refractivity contribution in [2.45, 2.75) is 95.1 Å². The Morgan fingerprint density at radius 1 is 1.11 bits per heavy atom. The van der Waals surface area contributed by atoms with E-state index < -0.39 is 41.4 Å². The van der Waals surface area contributed by atoms with Gasteiger partial charge in [-0.1, -0.05) is 38.8 Å². The van der Waals surface area contributed by atoms with Gasteiger partial charge in [-0.25, -0.2) is 24.0 Å². The predicted octanol–water partition coefficient (Wildman–Crippen LogP) is 5.65. The normalized spacial score (nSPS) is 22.9. The van der Waals surface area contributed by atoms with E-state index in [4.69, 9.17) is 4.74 Å². The summed E-state index contributed by atoms with van der Waals surface area (Å²) in [5, 5.41) is 2.12. The first kappa shape index (κ1) is 34.0. The molecule has 3 aliphatic heterocycles. The lowest BCUT2D eigenvalue weighted by Gasteiger charge is -2.46. The van der Waals surface area contributed by atoms with Crippen molar-refractivity contribution in [3.05, 3.63) is 69.9 Å². The molecule has 13 heteroatoms. The molecule has 2 aromatic heterocycles. The van der Waals surface area contributed by atoms with Gasteiger partial charge in [0.15, 0.2) is 0 Å². The fraction of sp³-hybridized carbons (Fsp3) is 0.618. The molecule has 0 amide bonds. The number of imidazole rings is 1. The first-order chi connectivity index (χ1) is 22.4. The number of nitrogens with one attached hydrogen (secondary N) is 1. The van der Waals surface area contributed by atoms with E-state index in [1.54, 1.807) is 24.3 Å². The lowest BCUT2D eigenvalue weighted by Crippen LogP contribution is -2.62. The quantitative estimate of drug-likeness (QED) is 0.268. The number of likely N-dealkylation sites (tertiary alicyclic amines) is 1. The van der Waals surface area contributed by atoms with Crippen LogP contribution >= 0.6 is 0 Å². The standard InChI is InChI=1S/C34H45F5N6O2/c1-4-6-9-26(5-2)45-22-41(3)31(40-45)30(36)33(20-47-21-33)24-8-7-10-27(16-24)43-19-29-28(34(37,38)39)15-23(18-44(29)32(43)46)17-42-13-11-25(35)12-14-42/h7-8,10,15-16,18-19,25-26,30-31,40H,4-6,9,11-14,17,20-22H2,1-3H3/t26?,30-,31?/m1/s1. The third kappa shape index (κ3) is 6.61. The lowest BCUT2D eigenvalue weighted by atomic mass is 9.73. The van der Waals surface area contributed by atoms with Gasteiger partial charge in [0.2, 0.25) is 0 Å². The average Bonchev–Trinajstić information content (AvgIpc) is 3.57. The Kier molecular flexibility index (Phi) is 9.84. The van der Waals surface area contributed by atoms with Crippen LogP contribution in [0, 0.1) is 0 Å². The fourth-order valence-electron chi connectivity index (χ4n) is 7.30. The van der Waals surface area contributed by atoms with E-state index in [1.807, 2.05) is 16.8 Å². The summed E-state index contributed by atoms with van der Waals surface area (Å²) < 4.78 is 81.1. The number of pyridine rings is 1. The van der Waals surface area contributed by atoms with Crippen LogP contribution in [0.25, 0.3) is 11.2 Å². The van der Waals surface area contributed by atoms with Crippen LogP contribution in [0.1, 0.15) is 69.1 Å². The molecule has 3 fully saturated rings. The van der Waals surface area contributed by atoms with E-state index in [-0.39, 0.29) is 31.3 Å².